The summed E-state index contributed by atoms with van der Waals surface area (Å²) < 4.78 is 31.6. The van der Waals surface area contributed by atoms with Crippen LogP contribution in [0.3, 0.4) is 0 Å². The summed E-state index contributed by atoms with van der Waals surface area (Å²) in [6.07, 6.45) is -2.03. The van der Waals surface area contributed by atoms with E-state index in [1.54, 1.807) is 12.1 Å². The molecule has 0 aliphatic heterocycles. The summed E-state index contributed by atoms with van der Waals surface area (Å²) >= 11 is 0. The van der Waals surface area contributed by atoms with Crippen LogP contribution in [0.15, 0.2) is 84.9 Å². The lowest BCUT2D eigenvalue weighted by Crippen LogP contribution is -2.15. The fourth-order valence-corrected chi connectivity index (χ4v) is 5.39. The molecule has 4 rings (SSSR count). The minimum atomic E-state index is -2.70. The van der Waals surface area contributed by atoms with E-state index in [4.69, 9.17) is 14.6 Å². The van der Waals surface area contributed by atoms with Crippen molar-refractivity contribution in [1.82, 2.24) is 4.98 Å². The van der Waals surface area contributed by atoms with Crippen molar-refractivity contribution in [3.05, 3.63) is 102 Å². The van der Waals surface area contributed by atoms with Gasteiger partial charge in [-0.05, 0) is 29.2 Å². The number of rotatable bonds is 10. The molecule has 2 N–H and O–H groups in total. The van der Waals surface area contributed by atoms with Crippen LogP contribution in [0, 0.1) is 17.7 Å². The van der Waals surface area contributed by atoms with Crippen molar-refractivity contribution in [3.63, 3.8) is 0 Å². The van der Waals surface area contributed by atoms with Crippen LogP contribution in [0.1, 0.15) is 37.4 Å². The second-order valence-corrected chi connectivity index (χ2v) is 11.2. The molecule has 41 heavy (non-hydrogen) atoms. The topological polar surface area (TPSA) is 96.7 Å². The number of hydrogen-bond acceptors (Lipinski definition) is 5. The molecule has 0 radical (unpaired) electrons. The highest BCUT2D eigenvalue weighted by Gasteiger charge is 2.24. The Morgan fingerprint density at radius 1 is 0.927 bits per heavy atom. The maximum absolute atomic E-state index is 14.0. The van der Waals surface area contributed by atoms with Crippen molar-refractivity contribution in [2.45, 2.75) is 32.3 Å². The van der Waals surface area contributed by atoms with Gasteiger partial charge in [-0.15, -0.1) is 0 Å². The number of aliphatic hydroxyl groups is 1. The first-order valence-electron chi connectivity index (χ1n) is 13.2. The fraction of sp³-hybridized carbons (Fsp3) is 0.212. The Kier molecular flexibility index (Phi) is 10.2. The van der Waals surface area contributed by atoms with Gasteiger partial charge in [0.2, 0.25) is 0 Å². The molecule has 0 aliphatic rings. The first-order chi connectivity index (χ1) is 19.7. The van der Waals surface area contributed by atoms with Gasteiger partial charge in [-0.25, -0.2) is 4.39 Å². The van der Waals surface area contributed by atoms with Crippen LogP contribution < -0.4 is 0 Å². The molecule has 0 saturated heterocycles. The first kappa shape index (κ1) is 29.9. The third kappa shape index (κ3) is 7.77. The summed E-state index contributed by atoms with van der Waals surface area (Å²) in [5, 5.41) is 18.6. The second-order valence-electron chi connectivity index (χ2n) is 9.78. The average molecular weight is 572 g/mol. The quantitative estimate of drug-likeness (QED) is 0.157. The molecule has 0 bridgehead atoms. The Morgan fingerprint density at radius 2 is 1.51 bits per heavy atom. The Hall–Kier alpha value is -4.08. The van der Waals surface area contributed by atoms with Crippen LogP contribution in [0.2, 0.25) is 0 Å². The summed E-state index contributed by atoms with van der Waals surface area (Å²) in [4.78, 5) is 15.9. The molecular formula is C33H31FNO5P. The van der Waals surface area contributed by atoms with Crippen LogP contribution in [0.4, 0.5) is 4.39 Å². The molecule has 4 aromatic rings. The molecular weight excluding hydrogens is 540 g/mol. The first-order valence-corrected chi connectivity index (χ1v) is 14.8. The lowest BCUT2D eigenvalue weighted by Gasteiger charge is -2.22. The number of nitrogens with zero attached hydrogens (tertiary/aromatic N) is 1. The van der Waals surface area contributed by atoms with Crippen LogP contribution in [-0.2, 0) is 13.9 Å². The Labute approximate surface area is 239 Å². The molecule has 0 spiro atoms. The van der Waals surface area contributed by atoms with E-state index in [-0.39, 0.29) is 24.5 Å². The number of halogens is 1. The number of aromatic nitrogens is 1. The van der Waals surface area contributed by atoms with Gasteiger partial charge in [0.25, 0.3) is 0 Å². The Bertz CT molecular complexity index is 1580. The number of benzene rings is 3. The number of hydrogen-bond donors (Lipinski definition) is 2. The van der Waals surface area contributed by atoms with E-state index in [1.165, 1.54) is 12.1 Å². The SMILES string of the molecule is CC(C)c1nc(-c2ccccc2)c(-c2ccccc2)c(-c2ccc(F)cc2)c1C#CCO[PH](=O)CC(O)CC(=O)O. The van der Waals surface area contributed by atoms with Crippen molar-refractivity contribution in [2.24, 2.45) is 0 Å². The molecule has 0 saturated carbocycles. The van der Waals surface area contributed by atoms with Crippen molar-refractivity contribution >= 4 is 14.0 Å². The van der Waals surface area contributed by atoms with E-state index in [0.717, 1.165) is 39.2 Å². The average Bonchev–Trinajstić information content (AvgIpc) is 2.95. The molecule has 1 heterocycles. The van der Waals surface area contributed by atoms with E-state index in [2.05, 4.69) is 11.8 Å². The predicted molar refractivity (Wildman–Crippen MR) is 160 cm³/mol. The molecule has 2 atom stereocenters. The zero-order chi connectivity index (χ0) is 29.4. The molecule has 1 aromatic heterocycles. The standard InChI is InChI=1S/C33H31FNO5P/c1-22(2)32-28(14-9-19-40-41(39)21-27(36)20-29(37)38)30(24-15-17-26(34)18-16-24)31(23-10-5-3-6-11-23)33(35-32)25-12-7-4-8-13-25/h3-8,10-13,15-18,22,27,36,41H,19-21H2,1-2H3,(H,37,38). The zero-order valence-corrected chi connectivity index (χ0v) is 23.8. The van der Waals surface area contributed by atoms with Gasteiger partial charge in [0.1, 0.15) is 12.4 Å². The minimum absolute atomic E-state index is 0.0167. The molecule has 8 heteroatoms. The van der Waals surface area contributed by atoms with Gasteiger partial charge < -0.3 is 14.7 Å². The van der Waals surface area contributed by atoms with Crippen LogP contribution in [-0.4, -0.2) is 40.0 Å². The Balaban J connectivity index is 1.88. The van der Waals surface area contributed by atoms with Crippen LogP contribution in [0.5, 0.6) is 0 Å². The van der Waals surface area contributed by atoms with Gasteiger partial charge in [-0.1, -0.05) is 98.5 Å². The number of aliphatic hydroxyl groups excluding tert-OH is 1. The van der Waals surface area contributed by atoms with Gasteiger partial charge in [0.05, 0.1) is 29.5 Å². The number of carbonyl (C=O) groups is 1. The molecule has 6 nitrogen and oxygen atoms in total. The van der Waals surface area contributed by atoms with Gasteiger partial charge in [-0.2, -0.15) is 0 Å². The van der Waals surface area contributed by atoms with Gasteiger partial charge in [-0.3, -0.25) is 14.3 Å². The molecule has 2 unspecified atom stereocenters. The third-order valence-electron chi connectivity index (χ3n) is 6.35. The summed E-state index contributed by atoms with van der Waals surface area (Å²) in [7, 11) is -2.70. The maximum Gasteiger partial charge on any atom is 0.305 e. The van der Waals surface area contributed by atoms with E-state index < -0.39 is 26.5 Å². The summed E-state index contributed by atoms with van der Waals surface area (Å²) in [6, 6.07) is 26.0. The van der Waals surface area contributed by atoms with Crippen LogP contribution >= 0.6 is 8.03 Å². The third-order valence-corrected chi connectivity index (χ3v) is 7.62. The predicted octanol–water partition coefficient (Wildman–Crippen LogP) is 7.02. The fourth-order valence-electron chi connectivity index (χ4n) is 4.51. The summed E-state index contributed by atoms with van der Waals surface area (Å²) in [6.45, 7) is 3.87. The zero-order valence-electron chi connectivity index (χ0n) is 22.8. The number of aliphatic carboxylic acids is 1. The van der Waals surface area contributed by atoms with Crippen molar-refractivity contribution in [2.75, 3.05) is 12.8 Å². The number of carboxylic acids is 1. The maximum atomic E-state index is 14.0. The summed E-state index contributed by atoms with van der Waals surface area (Å²) in [5.74, 6) is 4.59. The van der Waals surface area contributed by atoms with Crippen LogP contribution in [0.25, 0.3) is 33.5 Å². The second kappa shape index (κ2) is 14.0. The normalized spacial score (nSPS) is 12.4. The van der Waals surface area contributed by atoms with Crippen molar-refractivity contribution in [1.29, 1.82) is 0 Å². The largest absolute Gasteiger partial charge is 0.481 e. The highest BCUT2D eigenvalue weighted by Crippen LogP contribution is 2.43. The monoisotopic (exact) mass is 571 g/mol. The smallest absolute Gasteiger partial charge is 0.305 e. The number of pyridine rings is 1. The molecule has 0 fully saturated rings. The van der Waals surface area contributed by atoms with E-state index in [1.807, 2.05) is 74.5 Å². The molecule has 0 amide bonds. The van der Waals surface area contributed by atoms with Crippen molar-refractivity contribution < 1.29 is 28.5 Å². The molecule has 210 valence electrons. The molecule has 3 aromatic carbocycles. The lowest BCUT2D eigenvalue weighted by molar-refractivity contribution is -0.138. The van der Waals surface area contributed by atoms with Gasteiger partial charge >= 0.3 is 5.97 Å². The highest BCUT2D eigenvalue weighted by atomic mass is 31.1. The van der Waals surface area contributed by atoms with Crippen molar-refractivity contribution in [3.8, 4) is 45.4 Å². The van der Waals surface area contributed by atoms with E-state index in [0.29, 0.717) is 5.56 Å². The minimum Gasteiger partial charge on any atom is -0.481 e. The lowest BCUT2D eigenvalue weighted by atomic mass is 9.85. The van der Waals surface area contributed by atoms with E-state index in [9.17, 15) is 18.9 Å². The number of carboxylic acid groups (broad SMARTS) is 1. The van der Waals surface area contributed by atoms with Gasteiger partial charge in [0, 0.05) is 22.9 Å². The highest BCUT2D eigenvalue weighted by molar-refractivity contribution is 7.39. The van der Waals surface area contributed by atoms with E-state index >= 15 is 0 Å². The summed E-state index contributed by atoms with van der Waals surface area (Å²) in [5.41, 5.74) is 6.44. The Morgan fingerprint density at radius 3 is 2.10 bits per heavy atom. The van der Waals surface area contributed by atoms with Gasteiger partial charge in [0.15, 0.2) is 8.03 Å². The molecule has 0 aliphatic carbocycles.